The van der Waals surface area contributed by atoms with Gasteiger partial charge in [0.2, 0.25) is 0 Å². The van der Waals surface area contributed by atoms with Crippen LogP contribution in [-0.4, -0.2) is 19.8 Å². The van der Waals surface area contributed by atoms with Crippen molar-refractivity contribution in [3.05, 3.63) is 90.3 Å². The fourth-order valence-corrected chi connectivity index (χ4v) is 3.66. The second-order valence-corrected chi connectivity index (χ2v) is 8.70. The number of aromatic nitrogens is 3. The van der Waals surface area contributed by atoms with E-state index in [2.05, 4.69) is 0 Å². The lowest BCUT2D eigenvalue weighted by molar-refractivity contribution is 0.155. The van der Waals surface area contributed by atoms with Crippen LogP contribution in [0.15, 0.2) is 62.6 Å². The molecule has 1 heterocycles. The predicted octanol–water partition coefficient (Wildman–Crippen LogP) is 3.34. The average Bonchev–Trinajstić information content (AvgIpc) is 2.70. The molecule has 1 aliphatic rings. The maximum atomic E-state index is 13.2. The van der Waals surface area contributed by atoms with E-state index in [-0.39, 0.29) is 31.2 Å². The van der Waals surface area contributed by atoms with Gasteiger partial charge in [-0.25, -0.2) is 28.1 Å². The largest absolute Gasteiger partial charge is 0.491 e. The number of ether oxygens (including phenoxy) is 1. The second-order valence-electron chi connectivity index (χ2n) is 8.26. The molecule has 1 aromatic carbocycles. The molecule has 0 N–H and O–H groups in total. The fraction of sp³-hybridized carbons (Fsp3) is 0.435. The molecule has 1 aromatic heterocycles. The van der Waals surface area contributed by atoms with E-state index in [0.717, 1.165) is 25.0 Å². The van der Waals surface area contributed by atoms with Gasteiger partial charge >= 0.3 is 17.1 Å². The number of halogens is 1. The Morgan fingerprint density at radius 2 is 1.65 bits per heavy atom. The van der Waals surface area contributed by atoms with Gasteiger partial charge < -0.3 is 4.74 Å². The molecule has 7 nitrogen and oxygen atoms in total. The normalized spacial score (nSPS) is 16.1. The Morgan fingerprint density at radius 1 is 1.00 bits per heavy atom. The summed E-state index contributed by atoms with van der Waals surface area (Å²) >= 11 is 5.94. The molecule has 1 unspecified atom stereocenters. The van der Waals surface area contributed by atoms with Crippen molar-refractivity contribution in [1.82, 2.24) is 13.7 Å². The molecule has 0 bridgehead atoms. The summed E-state index contributed by atoms with van der Waals surface area (Å²) in [5.41, 5.74) is -1.05. The van der Waals surface area contributed by atoms with Gasteiger partial charge in [0.1, 0.15) is 5.76 Å². The lowest BCUT2D eigenvalue weighted by Crippen LogP contribution is -2.55. The minimum atomic E-state index is -0.608. The smallest absolute Gasteiger partial charge is 0.336 e. The molecule has 8 heteroatoms. The van der Waals surface area contributed by atoms with Gasteiger partial charge in [-0.05, 0) is 69.9 Å². The molecule has 1 atom stereocenters. The van der Waals surface area contributed by atoms with Crippen molar-refractivity contribution in [3.8, 4) is 0 Å². The first-order valence-electron chi connectivity index (χ1n) is 10.4. The number of allylic oxidation sites excluding steroid dienone is 3. The Hall–Kier alpha value is -2.80. The minimum Gasteiger partial charge on any atom is -0.491 e. The molecular formula is C23H28ClN3O4. The number of nitrogens with zero attached hydrogens (tertiary/aromatic N) is 3. The van der Waals surface area contributed by atoms with Crippen LogP contribution in [-0.2, 0) is 17.8 Å². The molecule has 2 aromatic rings. The number of hydrogen-bond donors (Lipinski definition) is 0. The summed E-state index contributed by atoms with van der Waals surface area (Å²) in [5, 5.41) is 0.568. The Balaban J connectivity index is 1.98. The molecule has 3 rings (SSSR count). The Morgan fingerprint density at radius 3 is 2.19 bits per heavy atom. The van der Waals surface area contributed by atoms with Crippen LogP contribution in [0.5, 0.6) is 0 Å². The first-order chi connectivity index (χ1) is 14.7. The minimum absolute atomic E-state index is 0.0491. The van der Waals surface area contributed by atoms with Crippen molar-refractivity contribution in [2.75, 3.05) is 0 Å². The highest BCUT2D eigenvalue weighted by Crippen LogP contribution is 2.19. The molecule has 166 valence electrons. The lowest BCUT2D eigenvalue weighted by atomic mass is 10.00. The standard InChI is InChI=1S/C23H28ClN3O4/c1-15(2)27-22(29)25(13-17-5-9-19(24)10-6-17)21(28)26(23(27)30)14-18-7-11-20(12-8-18)31-16(3)4/h5-7,9-12,15-16,18H,8,13-14H2,1-4H3. The molecule has 0 amide bonds. The van der Waals surface area contributed by atoms with Crippen molar-refractivity contribution in [1.29, 1.82) is 0 Å². The maximum absolute atomic E-state index is 13.2. The zero-order valence-corrected chi connectivity index (χ0v) is 19.0. The van der Waals surface area contributed by atoms with E-state index in [0.29, 0.717) is 11.4 Å². The van der Waals surface area contributed by atoms with Gasteiger partial charge in [0.25, 0.3) is 0 Å². The summed E-state index contributed by atoms with van der Waals surface area (Å²) in [6.45, 7) is 7.67. The Labute approximate surface area is 185 Å². The molecule has 0 saturated heterocycles. The first-order valence-corrected chi connectivity index (χ1v) is 10.8. The van der Waals surface area contributed by atoms with E-state index in [1.54, 1.807) is 38.1 Å². The van der Waals surface area contributed by atoms with Gasteiger partial charge in [0.15, 0.2) is 0 Å². The molecule has 0 aliphatic heterocycles. The number of rotatable bonds is 7. The summed E-state index contributed by atoms with van der Waals surface area (Å²) in [4.78, 5) is 39.1. The highest BCUT2D eigenvalue weighted by molar-refractivity contribution is 6.30. The van der Waals surface area contributed by atoms with Gasteiger partial charge in [0, 0.05) is 17.6 Å². The van der Waals surface area contributed by atoms with Gasteiger partial charge in [-0.2, -0.15) is 0 Å². The van der Waals surface area contributed by atoms with Crippen LogP contribution in [0.3, 0.4) is 0 Å². The molecule has 0 fully saturated rings. The van der Waals surface area contributed by atoms with Gasteiger partial charge in [-0.1, -0.05) is 29.8 Å². The first kappa shape index (κ1) is 22.9. The molecular weight excluding hydrogens is 418 g/mol. The maximum Gasteiger partial charge on any atom is 0.336 e. The topological polar surface area (TPSA) is 75.2 Å². The second kappa shape index (κ2) is 9.56. The lowest BCUT2D eigenvalue weighted by Gasteiger charge is -2.21. The van der Waals surface area contributed by atoms with Crippen LogP contribution in [0.4, 0.5) is 0 Å². The highest BCUT2D eigenvalue weighted by atomic mass is 35.5. The van der Waals surface area contributed by atoms with Crippen molar-refractivity contribution in [2.45, 2.75) is 59.4 Å². The quantitative estimate of drug-likeness (QED) is 0.655. The van der Waals surface area contributed by atoms with Crippen LogP contribution >= 0.6 is 11.6 Å². The van der Waals surface area contributed by atoms with Crippen molar-refractivity contribution in [2.24, 2.45) is 5.92 Å². The third-order valence-electron chi connectivity index (χ3n) is 5.05. The zero-order chi connectivity index (χ0) is 22.7. The summed E-state index contributed by atoms with van der Waals surface area (Å²) < 4.78 is 9.09. The zero-order valence-electron chi connectivity index (χ0n) is 18.2. The van der Waals surface area contributed by atoms with Gasteiger partial charge in [0.05, 0.1) is 12.6 Å². The molecule has 31 heavy (non-hydrogen) atoms. The Kier molecular flexibility index (Phi) is 7.05. The van der Waals surface area contributed by atoms with Gasteiger partial charge in [-0.15, -0.1) is 0 Å². The third kappa shape index (κ3) is 5.28. The molecule has 0 radical (unpaired) electrons. The SMILES string of the molecule is CC(C)OC1=CCC(Cn2c(=O)n(Cc3ccc(Cl)cc3)c(=O)n(C(C)C)c2=O)C=C1. The molecule has 0 saturated carbocycles. The van der Waals surface area contributed by atoms with Crippen LogP contribution < -0.4 is 17.1 Å². The summed E-state index contributed by atoms with van der Waals surface area (Å²) in [6.07, 6.45) is 6.48. The Bertz CT molecular complexity index is 1170. The predicted molar refractivity (Wildman–Crippen MR) is 122 cm³/mol. The van der Waals surface area contributed by atoms with E-state index in [4.69, 9.17) is 16.3 Å². The number of hydrogen-bond acceptors (Lipinski definition) is 4. The van der Waals surface area contributed by atoms with E-state index < -0.39 is 17.1 Å². The average molecular weight is 446 g/mol. The fourth-order valence-electron chi connectivity index (χ4n) is 3.53. The third-order valence-corrected chi connectivity index (χ3v) is 5.30. The van der Waals surface area contributed by atoms with Crippen molar-refractivity contribution in [3.63, 3.8) is 0 Å². The summed E-state index contributed by atoms with van der Waals surface area (Å²) in [6, 6.07) is 6.54. The van der Waals surface area contributed by atoms with Crippen molar-refractivity contribution >= 4 is 11.6 Å². The van der Waals surface area contributed by atoms with Crippen LogP contribution in [0.1, 0.15) is 45.7 Å². The monoisotopic (exact) mass is 445 g/mol. The van der Waals surface area contributed by atoms with E-state index in [9.17, 15) is 14.4 Å². The highest BCUT2D eigenvalue weighted by Gasteiger charge is 2.20. The van der Waals surface area contributed by atoms with Crippen LogP contribution in [0, 0.1) is 5.92 Å². The molecule has 1 aliphatic carbocycles. The van der Waals surface area contributed by atoms with E-state index in [1.807, 2.05) is 32.1 Å². The van der Waals surface area contributed by atoms with Crippen LogP contribution in [0.25, 0.3) is 0 Å². The van der Waals surface area contributed by atoms with Crippen molar-refractivity contribution < 1.29 is 4.74 Å². The van der Waals surface area contributed by atoms with Gasteiger partial charge in [-0.3, -0.25) is 0 Å². The molecule has 0 spiro atoms. The van der Waals surface area contributed by atoms with E-state index >= 15 is 0 Å². The van der Waals surface area contributed by atoms with Crippen LogP contribution in [0.2, 0.25) is 5.02 Å². The number of benzene rings is 1. The summed E-state index contributed by atoms with van der Waals surface area (Å²) in [5.74, 6) is 0.734. The van der Waals surface area contributed by atoms with E-state index in [1.165, 1.54) is 0 Å². The summed E-state index contributed by atoms with van der Waals surface area (Å²) in [7, 11) is 0.